The number of hydrogen-bond donors (Lipinski definition) is 0. The van der Waals surface area contributed by atoms with Gasteiger partial charge in [-0.3, -0.25) is 14.5 Å². The second kappa shape index (κ2) is 6.75. The fourth-order valence-corrected chi connectivity index (χ4v) is 9.05. The van der Waals surface area contributed by atoms with Crippen LogP contribution in [0.4, 0.5) is 0 Å². The van der Waals surface area contributed by atoms with Crippen LogP contribution in [0.3, 0.4) is 0 Å². The first kappa shape index (κ1) is 21.7. The number of β-lactam (4-membered cyclic amide) rings is 1. The van der Waals surface area contributed by atoms with Crippen molar-refractivity contribution in [1.29, 1.82) is 0 Å². The van der Waals surface area contributed by atoms with Crippen molar-refractivity contribution in [2.24, 2.45) is 5.41 Å². The molecule has 0 aromatic heterocycles. The van der Waals surface area contributed by atoms with Gasteiger partial charge in [0.2, 0.25) is 0 Å². The van der Waals surface area contributed by atoms with Crippen molar-refractivity contribution in [3.8, 4) is 0 Å². The van der Waals surface area contributed by atoms with E-state index in [9.17, 15) is 26.4 Å². The highest BCUT2D eigenvalue weighted by Crippen LogP contribution is 2.45. The molecule has 1 amide bonds. The lowest BCUT2D eigenvalue weighted by atomic mass is 9.86. The summed E-state index contributed by atoms with van der Waals surface area (Å²) in [7, 11) is -7.66. The highest BCUT2D eigenvalue weighted by atomic mass is 32.3. The van der Waals surface area contributed by atoms with Crippen LogP contribution in [0.25, 0.3) is 0 Å². The average molecular weight is 442 g/mol. The number of carbonyl (C=O) groups excluding carboxylic acids is 2. The van der Waals surface area contributed by atoms with Crippen molar-refractivity contribution in [2.75, 3.05) is 7.11 Å². The Morgan fingerprint density at radius 1 is 1.14 bits per heavy atom. The normalized spacial score (nSPS) is 26.7. The molecule has 0 spiro atoms. The molecule has 0 aliphatic carbocycles. The topological polar surface area (TPSA) is 115 Å². The van der Waals surface area contributed by atoms with Crippen LogP contribution in [0.1, 0.15) is 27.7 Å². The monoisotopic (exact) mass is 441 g/mol. The number of hydrogen-bond acceptors (Lipinski definition) is 7. The maximum Gasteiger partial charge on any atom is 0.260 e. The summed E-state index contributed by atoms with van der Waals surface area (Å²) in [5, 5.41) is -1.56. The Bertz CT molecular complexity index is 1110. The largest absolute Gasteiger partial charge is 0.368 e. The third-order valence-electron chi connectivity index (χ3n) is 5.10. The molecule has 1 aromatic carbocycles. The van der Waals surface area contributed by atoms with E-state index >= 15 is 0 Å². The second-order valence-electron chi connectivity index (χ2n) is 8.14. The van der Waals surface area contributed by atoms with E-state index in [-0.39, 0.29) is 16.2 Å². The van der Waals surface area contributed by atoms with Crippen LogP contribution in [-0.2, 0) is 34.0 Å². The summed E-state index contributed by atoms with van der Waals surface area (Å²) in [5.74, 6) is -1.19. The lowest BCUT2D eigenvalue weighted by Crippen LogP contribution is -2.72. The van der Waals surface area contributed by atoms with Crippen molar-refractivity contribution in [2.45, 2.75) is 48.7 Å². The Kier molecular flexibility index (Phi) is 5.04. The van der Waals surface area contributed by atoms with Crippen LogP contribution in [0.5, 0.6) is 0 Å². The maximum atomic E-state index is 13.3. The summed E-state index contributed by atoms with van der Waals surface area (Å²) >= 11 is 0. The van der Waals surface area contributed by atoms with Gasteiger partial charge in [0.05, 0.1) is 10.6 Å². The molecule has 0 radical (unpaired) electrons. The van der Waals surface area contributed by atoms with Gasteiger partial charge < -0.3 is 4.74 Å². The number of fused-ring (bicyclic) bond motifs is 1. The zero-order valence-electron chi connectivity index (χ0n) is 16.7. The van der Waals surface area contributed by atoms with Crippen molar-refractivity contribution in [3.05, 3.63) is 41.6 Å². The highest BCUT2D eigenvalue weighted by Gasteiger charge is 2.65. The van der Waals surface area contributed by atoms with E-state index in [0.717, 1.165) is 4.90 Å². The molecule has 1 unspecified atom stereocenters. The average Bonchev–Trinajstić information content (AvgIpc) is 2.61. The zero-order valence-corrected chi connectivity index (χ0v) is 18.4. The van der Waals surface area contributed by atoms with E-state index < -0.39 is 52.8 Å². The predicted molar refractivity (Wildman–Crippen MR) is 105 cm³/mol. The maximum absolute atomic E-state index is 13.3. The van der Waals surface area contributed by atoms with Gasteiger partial charge in [-0.05, 0) is 24.6 Å². The quantitative estimate of drug-likeness (QED) is 0.647. The van der Waals surface area contributed by atoms with Crippen molar-refractivity contribution < 1.29 is 31.2 Å². The number of allylic oxidation sites excluding steroid dienone is 1. The number of methoxy groups -OCH3 is 1. The number of nitrogens with zero attached hydrogens (tertiary/aromatic N) is 1. The lowest BCUT2D eigenvalue weighted by Gasteiger charge is -2.51. The molecule has 0 bridgehead atoms. The molecule has 10 heteroatoms. The number of Topliss-reactive ketones (excluding diaryl/α,β-unsaturated/α-hetero) is 1. The molecule has 158 valence electrons. The number of benzene rings is 1. The van der Waals surface area contributed by atoms with E-state index in [1.165, 1.54) is 38.3 Å². The first-order valence-electron chi connectivity index (χ1n) is 8.91. The predicted octanol–water partition coefficient (Wildman–Crippen LogP) is 1.29. The Morgan fingerprint density at radius 3 is 2.17 bits per heavy atom. The summed E-state index contributed by atoms with van der Waals surface area (Å²) in [5.41, 5.74) is -1.31. The second-order valence-corrected chi connectivity index (χ2v) is 12.6. The van der Waals surface area contributed by atoms with Gasteiger partial charge in [-0.2, -0.15) is 0 Å². The molecule has 2 heterocycles. The number of ketones is 1. The summed E-state index contributed by atoms with van der Waals surface area (Å²) in [4.78, 5) is 26.3. The fraction of sp³-hybridized carbons (Fsp3) is 0.474. The molecule has 2 aliphatic rings. The third-order valence-corrected chi connectivity index (χ3v) is 10.6. The Morgan fingerprint density at radius 2 is 1.69 bits per heavy atom. The van der Waals surface area contributed by atoms with Crippen LogP contribution in [0, 0.1) is 5.41 Å². The van der Waals surface area contributed by atoms with Crippen molar-refractivity contribution in [3.63, 3.8) is 0 Å². The number of rotatable bonds is 4. The van der Waals surface area contributed by atoms with Gasteiger partial charge in [0.25, 0.3) is 5.91 Å². The molecule has 0 N–H and O–H groups in total. The fourth-order valence-electron chi connectivity index (χ4n) is 3.67. The number of sulfone groups is 2. The molecule has 1 fully saturated rings. The number of amides is 1. The molecule has 8 nitrogen and oxygen atoms in total. The van der Waals surface area contributed by atoms with Gasteiger partial charge in [-0.1, -0.05) is 39.0 Å². The van der Waals surface area contributed by atoms with Gasteiger partial charge in [0.1, 0.15) is 0 Å². The molecule has 3 rings (SSSR count). The summed E-state index contributed by atoms with van der Waals surface area (Å²) in [6.07, 6.45) is -1.36. The van der Waals surface area contributed by atoms with Gasteiger partial charge in [-0.15, -0.1) is 0 Å². The molecule has 3 atom stereocenters. The van der Waals surface area contributed by atoms with Crippen LogP contribution in [0.2, 0.25) is 0 Å². The van der Waals surface area contributed by atoms with Crippen molar-refractivity contribution in [1.82, 2.24) is 4.90 Å². The Balaban J connectivity index is 2.33. The minimum atomic E-state index is -4.44. The zero-order chi connectivity index (χ0) is 21.9. The van der Waals surface area contributed by atoms with Gasteiger partial charge in [-0.25, -0.2) is 16.8 Å². The van der Waals surface area contributed by atoms with Gasteiger partial charge >= 0.3 is 0 Å². The van der Waals surface area contributed by atoms with Crippen molar-refractivity contribution >= 4 is 31.4 Å². The summed E-state index contributed by atoms with van der Waals surface area (Å²) in [6, 6.07) is 7.18. The molecule has 1 saturated heterocycles. The SMILES string of the molecule is CO[C@H]1C(=O)N2C(C(=O)C(C)(C)C)=C(C)[C@@H](S(=O)(=O)c3ccccc3)S(=O)(=O)C12. The standard InChI is InChI=1S/C19H23NO7S2/c1-11-13(15(21)19(2,3)4)20-16(22)14(27-5)17(20)29(25,26)18(11)28(23,24)12-9-7-6-8-10-12/h6-10,14,17-18H,1-5H3/t14-,17?,18-/m0/s1. The van der Waals surface area contributed by atoms with Crippen LogP contribution < -0.4 is 0 Å². The molecular formula is C19H23NO7S2. The van der Waals surface area contributed by atoms with Gasteiger partial charge in [0.15, 0.2) is 41.5 Å². The summed E-state index contributed by atoms with van der Waals surface area (Å²) in [6.45, 7) is 6.14. The van der Waals surface area contributed by atoms with Crippen LogP contribution in [0.15, 0.2) is 46.5 Å². The van der Waals surface area contributed by atoms with Crippen LogP contribution in [-0.4, -0.2) is 56.6 Å². The minimum absolute atomic E-state index is 0.173. The summed E-state index contributed by atoms with van der Waals surface area (Å²) < 4.78 is 56.3. The highest BCUT2D eigenvalue weighted by molar-refractivity contribution is 8.09. The smallest absolute Gasteiger partial charge is 0.260 e. The van der Waals surface area contributed by atoms with E-state index in [2.05, 4.69) is 0 Å². The van der Waals surface area contributed by atoms with E-state index in [4.69, 9.17) is 4.74 Å². The number of ether oxygens (including phenoxy) is 1. The molecule has 2 aliphatic heterocycles. The molecule has 29 heavy (non-hydrogen) atoms. The van der Waals surface area contributed by atoms with E-state index in [1.807, 2.05) is 0 Å². The molecule has 1 aromatic rings. The van der Waals surface area contributed by atoms with Gasteiger partial charge in [0, 0.05) is 12.5 Å². The minimum Gasteiger partial charge on any atom is -0.368 e. The first-order valence-corrected chi connectivity index (χ1v) is 12.1. The number of carbonyl (C=O) groups is 2. The first-order chi connectivity index (χ1) is 13.3. The Hall–Kier alpha value is -2.04. The lowest BCUT2D eigenvalue weighted by molar-refractivity contribution is -0.161. The third kappa shape index (κ3) is 3.04. The van der Waals surface area contributed by atoms with E-state index in [0.29, 0.717) is 0 Å². The molecule has 0 saturated carbocycles. The Labute approximate surface area is 170 Å². The van der Waals surface area contributed by atoms with Crippen LogP contribution >= 0.6 is 0 Å². The molecular weight excluding hydrogens is 418 g/mol. The van der Waals surface area contributed by atoms with E-state index in [1.54, 1.807) is 26.8 Å².